The number of rotatable bonds is 5. The van der Waals surface area contributed by atoms with Gasteiger partial charge in [0.25, 0.3) is 0 Å². The molecule has 0 unspecified atom stereocenters. The van der Waals surface area contributed by atoms with Crippen LogP contribution in [0.15, 0.2) is 188 Å². The van der Waals surface area contributed by atoms with Gasteiger partial charge in [0.15, 0.2) is 0 Å². The van der Waals surface area contributed by atoms with Crippen molar-refractivity contribution in [2.24, 2.45) is 0 Å². The third-order valence-corrected chi connectivity index (χ3v) is 11.2. The molecule has 2 heteroatoms. The molecule has 0 radical (unpaired) electrons. The number of anilines is 3. The molecule has 0 N–H and O–H groups in total. The van der Waals surface area contributed by atoms with Crippen LogP contribution in [0.4, 0.5) is 17.1 Å². The largest absolute Gasteiger partial charge is 0.310 e. The maximum absolute atomic E-state index is 2.40. The van der Waals surface area contributed by atoms with Gasteiger partial charge in [-0.05, 0) is 115 Å². The van der Waals surface area contributed by atoms with Crippen molar-refractivity contribution in [2.45, 2.75) is 0 Å². The highest BCUT2D eigenvalue weighted by Crippen LogP contribution is 2.42. The van der Waals surface area contributed by atoms with Gasteiger partial charge in [-0.1, -0.05) is 127 Å². The van der Waals surface area contributed by atoms with Gasteiger partial charge in [0.2, 0.25) is 0 Å². The van der Waals surface area contributed by atoms with E-state index in [0.717, 1.165) is 17.1 Å². The van der Waals surface area contributed by atoms with E-state index in [1.807, 2.05) is 11.3 Å². The van der Waals surface area contributed by atoms with Gasteiger partial charge >= 0.3 is 0 Å². The monoisotopic (exact) mass is 653 g/mol. The molecule has 0 saturated carbocycles. The average molecular weight is 654 g/mol. The van der Waals surface area contributed by atoms with Crippen LogP contribution in [0.2, 0.25) is 0 Å². The molecule has 0 amide bonds. The van der Waals surface area contributed by atoms with Crippen LogP contribution in [-0.4, -0.2) is 0 Å². The number of benzene rings is 9. The summed E-state index contributed by atoms with van der Waals surface area (Å²) in [5.41, 5.74) is 8.21. The lowest BCUT2D eigenvalue weighted by atomic mass is 9.97. The Balaban J connectivity index is 1.09. The van der Waals surface area contributed by atoms with Crippen molar-refractivity contribution in [3.8, 4) is 22.3 Å². The maximum Gasteiger partial charge on any atom is 0.0468 e. The molecule has 0 aliphatic rings. The molecule has 10 aromatic rings. The van der Waals surface area contributed by atoms with E-state index in [1.165, 1.54) is 74.7 Å². The first-order valence-electron chi connectivity index (χ1n) is 17.1. The van der Waals surface area contributed by atoms with Gasteiger partial charge in [0, 0.05) is 37.2 Å². The molecule has 10 rings (SSSR count). The Bertz CT molecular complexity index is 2880. The van der Waals surface area contributed by atoms with E-state index < -0.39 is 0 Å². The minimum atomic E-state index is 1.12. The van der Waals surface area contributed by atoms with Gasteiger partial charge in [-0.15, -0.1) is 11.3 Å². The van der Waals surface area contributed by atoms with E-state index in [-0.39, 0.29) is 0 Å². The van der Waals surface area contributed by atoms with Crippen molar-refractivity contribution in [3.63, 3.8) is 0 Å². The van der Waals surface area contributed by atoms with Gasteiger partial charge in [-0.3, -0.25) is 0 Å². The SMILES string of the molecule is c1cc(-c2ccc3ccccc3c2)cc(N(c2ccc(-c3ccc4c(ccc5ccccc54)c3)cc2)c2ccc3sc4ccccc4c3c2)c1. The predicted molar refractivity (Wildman–Crippen MR) is 217 cm³/mol. The Kier molecular flexibility index (Phi) is 6.75. The second-order valence-electron chi connectivity index (χ2n) is 13.0. The third kappa shape index (κ3) is 4.92. The van der Waals surface area contributed by atoms with Gasteiger partial charge in [-0.2, -0.15) is 0 Å². The summed E-state index contributed by atoms with van der Waals surface area (Å²) in [6.45, 7) is 0. The molecule has 0 fully saturated rings. The number of hydrogen-bond donors (Lipinski definition) is 0. The van der Waals surface area contributed by atoms with Crippen LogP contribution in [0, 0.1) is 0 Å². The van der Waals surface area contributed by atoms with Crippen molar-refractivity contribution in [2.75, 3.05) is 4.90 Å². The predicted octanol–water partition coefficient (Wildman–Crippen LogP) is 14.3. The highest BCUT2D eigenvalue weighted by Gasteiger charge is 2.16. The van der Waals surface area contributed by atoms with Crippen molar-refractivity contribution in [1.82, 2.24) is 0 Å². The van der Waals surface area contributed by atoms with E-state index in [0.29, 0.717) is 0 Å². The summed E-state index contributed by atoms with van der Waals surface area (Å²) in [4.78, 5) is 2.40. The van der Waals surface area contributed by atoms with Gasteiger partial charge in [0.1, 0.15) is 0 Å². The molecule has 1 heterocycles. The normalized spacial score (nSPS) is 11.6. The Morgan fingerprint density at radius 3 is 1.76 bits per heavy atom. The molecule has 0 saturated heterocycles. The molecule has 50 heavy (non-hydrogen) atoms. The molecule has 0 aliphatic carbocycles. The second-order valence-corrected chi connectivity index (χ2v) is 14.1. The fourth-order valence-electron chi connectivity index (χ4n) is 7.49. The molecular formula is C48H31NS. The minimum absolute atomic E-state index is 1.12. The Morgan fingerprint density at radius 1 is 0.280 bits per heavy atom. The van der Waals surface area contributed by atoms with Gasteiger partial charge < -0.3 is 4.90 Å². The summed E-state index contributed by atoms with van der Waals surface area (Å²) in [6.07, 6.45) is 0. The molecule has 234 valence electrons. The highest BCUT2D eigenvalue weighted by molar-refractivity contribution is 7.25. The number of thiophene rings is 1. The lowest BCUT2D eigenvalue weighted by Crippen LogP contribution is -2.10. The highest BCUT2D eigenvalue weighted by atomic mass is 32.1. The molecule has 0 bridgehead atoms. The van der Waals surface area contributed by atoms with Crippen LogP contribution in [0.3, 0.4) is 0 Å². The molecular weight excluding hydrogens is 623 g/mol. The number of hydrogen-bond acceptors (Lipinski definition) is 2. The van der Waals surface area contributed by atoms with Crippen LogP contribution >= 0.6 is 11.3 Å². The smallest absolute Gasteiger partial charge is 0.0468 e. The zero-order chi connectivity index (χ0) is 33.0. The van der Waals surface area contributed by atoms with Crippen molar-refractivity contribution < 1.29 is 0 Å². The van der Waals surface area contributed by atoms with E-state index in [9.17, 15) is 0 Å². The maximum atomic E-state index is 2.40. The summed E-state index contributed by atoms with van der Waals surface area (Å²) in [7, 11) is 0. The van der Waals surface area contributed by atoms with Crippen molar-refractivity contribution in [1.29, 1.82) is 0 Å². The minimum Gasteiger partial charge on any atom is -0.310 e. The summed E-state index contributed by atoms with van der Waals surface area (Å²) < 4.78 is 2.62. The molecule has 1 aromatic heterocycles. The lowest BCUT2D eigenvalue weighted by molar-refractivity contribution is 1.29. The summed E-state index contributed by atoms with van der Waals surface area (Å²) in [5.74, 6) is 0. The summed E-state index contributed by atoms with van der Waals surface area (Å²) >= 11 is 1.86. The van der Waals surface area contributed by atoms with Crippen LogP contribution in [-0.2, 0) is 0 Å². The molecule has 0 atom stereocenters. The molecule has 0 spiro atoms. The van der Waals surface area contributed by atoms with Gasteiger partial charge in [0.05, 0.1) is 0 Å². The van der Waals surface area contributed by atoms with Crippen LogP contribution in [0.1, 0.15) is 0 Å². The Hall–Kier alpha value is -6.22. The molecule has 9 aromatic carbocycles. The van der Waals surface area contributed by atoms with Crippen LogP contribution < -0.4 is 4.90 Å². The van der Waals surface area contributed by atoms with E-state index in [4.69, 9.17) is 0 Å². The standard InChI is InChI=1S/C48H31NS/c1-2-10-35-28-38(18-16-32(35)8-1)36-11-7-12-41(30-36)49(42-25-27-48-46(31-42)45-14-5-6-15-47(45)50-48)40-23-20-33(21-24-40)37-22-26-44-39(29-37)19-17-34-9-3-4-13-43(34)44/h1-31H. The van der Waals surface area contributed by atoms with Gasteiger partial charge in [-0.25, -0.2) is 0 Å². The molecule has 1 nitrogen and oxygen atoms in total. The van der Waals surface area contributed by atoms with E-state index in [2.05, 4.69) is 193 Å². The quantitative estimate of drug-likeness (QED) is 0.167. The zero-order valence-corrected chi connectivity index (χ0v) is 28.1. The summed E-state index contributed by atoms with van der Waals surface area (Å²) in [6, 6.07) is 68.9. The summed E-state index contributed by atoms with van der Waals surface area (Å²) in [5, 5.41) is 10.2. The third-order valence-electron chi connectivity index (χ3n) is 10.0. The lowest BCUT2D eigenvalue weighted by Gasteiger charge is -2.26. The first-order chi connectivity index (χ1) is 24.7. The first-order valence-corrected chi connectivity index (χ1v) is 17.9. The average Bonchev–Trinajstić information content (AvgIpc) is 3.56. The van der Waals surface area contributed by atoms with Crippen molar-refractivity contribution in [3.05, 3.63) is 188 Å². The van der Waals surface area contributed by atoms with Crippen LogP contribution in [0.25, 0.3) is 74.7 Å². The van der Waals surface area contributed by atoms with E-state index in [1.54, 1.807) is 0 Å². The number of fused-ring (bicyclic) bond motifs is 7. The van der Waals surface area contributed by atoms with E-state index >= 15 is 0 Å². The topological polar surface area (TPSA) is 3.24 Å². The second kappa shape index (κ2) is 11.7. The fourth-order valence-corrected chi connectivity index (χ4v) is 8.58. The Labute approximate surface area is 294 Å². The first kappa shape index (κ1) is 28.8. The fraction of sp³-hybridized carbons (Fsp3) is 0. The van der Waals surface area contributed by atoms with Crippen molar-refractivity contribution >= 4 is 80.9 Å². The molecule has 0 aliphatic heterocycles. The zero-order valence-electron chi connectivity index (χ0n) is 27.3. The number of nitrogens with zero attached hydrogens (tertiary/aromatic N) is 1. The Morgan fingerprint density at radius 2 is 0.860 bits per heavy atom. The van der Waals surface area contributed by atoms with Crippen LogP contribution in [0.5, 0.6) is 0 Å².